The fourth-order valence-electron chi connectivity index (χ4n) is 9.38. The van der Waals surface area contributed by atoms with Gasteiger partial charge in [-0.05, 0) is 123 Å². The van der Waals surface area contributed by atoms with Crippen LogP contribution in [0.15, 0.2) is 23.8 Å². The van der Waals surface area contributed by atoms with Crippen LogP contribution >= 0.6 is 0 Å². The van der Waals surface area contributed by atoms with Crippen molar-refractivity contribution in [1.82, 2.24) is 0 Å². The SMILES string of the molecule is C=C(C)C(=CC[C@@H](C)[C@H]1CC[C@H]2[C@@H]3CCC4CCCC[C@]4(C)[C@H]3CC[C@]12C)CC. The van der Waals surface area contributed by atoms with E-state index in [1.165, 1.54) is 68.9 Å². The lowest BCUT2D eigenvalue weighted by Gasteiger charge is -2.61. The zero-order valence-corrected chi connectivity index (χ0v) is 20.2. The van der Waals surface area contributed by atoms with E-state index in [9.17, 15) is 0 Å². The van der Waals surface area contributed by atoms with Gasteiger partial charge in [0.05, 0.1) is 0 Å². The Morgan fingerprint density at radius 2 is 1.72 bits per heavy atom. The van der Waals surface area contributed by atoms with E-state index in [4.69, 9.17) is 0 Å². The molecule has 4 aliphatic carbocycles. The molecule has 0 saturated heterocycles. The molecule has 0 heterocycles. The molecule has 4 aliphatic rings. The Labute approximate surface area is 182 Å². The van der Waals surface area contributed by atoms with Crippen LogP contribution in [0.5, 0.6) is 0 Å². The first kappa shape index (κ1) is 21.7. The molecule has 0 aromatic rings. The molecule has 164 valence electrons. The molecule has 0 bridgehead atoms. The zero-order chi connectivity index (χ0) is 20.8. The fourth-order valence-corrected chi connectivity index (χ4v) is 9.38. The second-order valence-electron chi connectivity index (χ2n) is 12.2. The van der Waals surface area contributed by atoms with Crippen LogP contribution < -0.4 is 0 Å². The third kappa shape index (κ3) is 3.59. The molecule has 4 saturated carbocycles. The minimum absolute atomic E-state index is 0.613. The van der Waals surface area contributed by atoms with E-state index in [0.29, 0.717) is 10.8 Å². The lowest BCUT2D eigenvalue weighted by atomic mass is 9.44. The van der Waals surface area contributed by atoms with E-state index in [-0.39, 0.29) is 0 Å². The van der Waals surface area contributed by atoms with Crippen molar-refractivity contribution in [2.75, 3.05) is 0 Å². The molecular weight excluding hydrogens is 348 g/mol. The maximum absolute atomic E-state index is 4.20. The van der Waals surface area contributed by atoms with Crippen molar-refractivity contribution < 1.29 is 0 Å². The highest BCUT2D eigenvalue weighted by Gasteiger charge is 2.59. The molecule has 1 unspecified atom stereocenters. The van der Waals surface area contributed by atoms with E-state index in [1.54, 1.807) is 12.8 Å². The average molecular weight is 397 g/mol. The van der Waals surface area contributed by atoms with Crippen LogP contribution in [0.25, 0.3) is 0 Å². The summed E-state index contributed by atoms with van der Waals surface area (Å²) in [6.45, 7) is 16.7. The monoisotopic (exact) mass is 396 g/mol. The quantitative estimate of drug-likeness (QED) is 0.407. The minimum Gasteiger partial charge on any atom is -0.0958 e. The third-order valence-corrected chi connectivity index (χ3v) is 11.0. The van der Waals surface area contributed by atoms with Gasteiger partial charge in [-0.15, -0.1) is 0 Å². The van der Waals surface area contributed by atoms with Gasteiger partial charge in [0.1, 0.15) is 0 Å². The Bertz CT molecular complexity index is 640. The smallest absolute Gasteiger partial charge is 0.0264 e. The number of hydrogen-bond acceptors (Lipinski definition) is 0. The molecular formula is C29H48. The van der Waals surface area contributed by atoms with Gasteiger partial charge in [0.15, 0.2) is 0 Å². The molecule has 29 heavy (non-hydrogen) atoms. The van der Waals surface area contributed by atoms with Crippen LogP contribution in [0.3, 0.4) is 0 Å². The van der Waals surface area contributed by atoms with Gasteiger partial charge in [-0.1, -0.05) is 58.8 Å². The van der Waals surface area contributed by atoms with Crippen LogP contribution in [-0.4, -0.2) is 0 Å². The zero-order valence-electron chi connectivity index (χ0n) is 20.2. The highest BCUT2D eigenvalue weighted by molar-refractivity contribution is 5.25. The summed E-state index contributed by atoms with van der Waals surface area (Å²) >= 11 is 0. The van der Waals surface area contributed by atoms with Crippen molar-refractivity contribution in [2.24, 2.45) is 46.3 Å². The lowest BCUT2D eigenvalue weighted by Crippen LogP contribution is -2.53. The predicted molar refractivity (Wildman–Crippen MR) is 127 cm³/mol. The van der Waals surface area contributed by atoms with E-state index in [0.717, 1.165) is 41.9 Å². The van der Waals surface area contributed by atoms with Crippen molar-refractivity contribution >= 4 is 0 Å². The molecule has 4 fully saturated rings. The number of allylic oxidation sites excluding steroid dienone is 3. The Balaban J connectivity index is 1.50. The molecule has 4 rings (SSSR count). The number of rotatable bonds is 5. The Morgan fingerprint density at radius 1 is 0.966 bits per heavy atom. The molecule has 0 aliphatic heterocycles. The van der Waals surface area contributed by atoms with Crippen molar-refractivity contribution in [3.63, 3.8) is 0 Å². The van der Waals surface area contributed by atoms with Crippen molar-refractivity contribution in [1.29, 1.82) is 0 Å². The summed E-state index contributed by atoms with van der Waals surface area (Å²) in [5, 5.41) is 0. The highest BCUT2D eigenvalue weighted by atomic mass is 14.6. The third-order valence-electron chi connectivity index (χ3n) is 11.0. The van der Waals surface area contributed by atoms with Crippen molar-refractivity contribution in [3.05, 3.63) is 23.8 Å². The summed E-state index contributed by atoms with van der Waals surface area (Å²) in [4.78, 5) is 0. The Hall–Kier alpha value is -0.520. The van der Waals surface area contributed by atoms with Gasteiger partial charge in [0, 0.05) is 0 Å². The second kappa shape index (κ2) is 8.20. The molecule has 0 N–H and O–H groups in total. The van der Waals surface area contributed by atoms with E-state index in [2.05, 4.69) is 47.3 Å². The van der Waals surface area contributed by atoms with Gasteiger partial charge < -0.3 is 0 Å². The maximum atomic E-state index is 4.20. The van der Waals surface area contributed by atoms with Crippen molar-refractivity contribution in [3.8, 4) is 0 Å². The standard InChI is InChI=1S/C29H48/c1-7-22(20(2)3)12-11-21(4)25-15-16-26-24-14-13-23-10-8-9-18-28(23,5)27(24)17-19-29(25,26)6/h12,21,23-27H,2,7-11,13-19H2,1,3-6H3/t21-,23?,24+,25-,26+,27+,28+,29-/m1/s1. The molecule has 0 amide bonds. The Morgan fingerprint density at radius 3 is 2.45 bits per heavy atom. The molecule has 0 nitrogen and oxygen atoms in total. The van der Waals surface area contributed by atoms with Gasteiger partial charge in [0.2, 0.25) is 0 Å². The van der Waals surface area contributed by atoms with Crippen LogP contribution in [-0.2, 0) is 0 Å². The van der Waals surface area contributed by atoms with Crippen LogP contribution in [0, 0.1) is 46.3 Å². The summed E-state index contributed by atoms with van der Waals surface area (Å²) in [5.41, 5.74) is 4.06. The second-order valence-corrected chi connectivity index (χ2v) is 12.2. The average Bonchev–Trinajstić information content (AvgIpc) is 3.05. The molecule has 0 heteroatoms. The van der Waals surface area contributed by atoms with Crippen molar-refractivity contribution in [2.45, 2.75) is 112 Å². The maximum Gasteiger partial charge on any atom is -0.0264 e. The lowest BCUT2D eigenvalue weighted by molar-refractivity contribution is -0.114. The first-order valence-electron chi connectivity index (χ1n) is 13.2. The van der Waals surface area contributed by atoms with E-state index < -0.39 is 0 Å². The van der Waals surface area contributed by atoms with Gasteiger partial charge in [-0.3, -0.25) is 0 Å². The van der Waals surface area contributed by atoms with Gasteiger partial charge in [-0.2, -0.15) is 0 Å². The topological polar surface area (TPSA) is 0 Å². The molecule has 0 radical (unpaired) electrons. The summed E-state index contributed by atoms with van der Waals surface area (Å²) in [6.07, 6.45) is 20.2. The highest BCUT2D eigenvalue weighted by Crippen LogP contribution is 2.68. The molecule has 0 spiro atoms. The number of fused-ring (bicyclic) bond motifs is 5. The molecule has 0 aromatic carbocycles. The normalized spacial score (nSPS) is 45.8. The summed E-state index contributed by atoms with van der Waals surface area (Å²) in [5.74, 6) is 5.92. The molecule has 8 atom stereocenters. The predicted octanol–water partition coefficient (Wildman–Crippen LogP) is 8.97. The van der Waals surface area contributed by atoms with Crippen LogP contribution in [0.4, 0.5) is 0 Å². The van der Waals surface area contributed by atoms with Crippen LogP contribution in [0.1, 0.15) is 112 Å². The van der Waals surface area contributed by atoms with Gasteiger partial charge in [-0.25, -0.2) is 0 Å². The van der Waals surface area contributed by atoms with E-state index in [1.807, 2.05) is 0 Å². The van der Waals surface area contributed by atoms with Gasteiger partial charge in [0.25, 0.3) is 0 Å². The van der Waals surface area contributed by atoms with E-state index >= 15 is 0 Å². The van der Waals surface area contributed by atoms with Crippen LogP contribution in [0.2, 0.25) is 0 Å². The summed E-state index contributed by atoms with van der Waals surface area (Å²) in [7, 11) is 0. The summed E-state index contributed by atoms with van der Waals surface area (Å²) in [6, 6.07) is 0. The molecule has 0 aromatic heterocycles. The fraction of sp³-hybridized carbons (Fsp3) is 0.862. The first-order chi connectivity index (χ1) is 13.8. The summed E-state index contributed by atoms with van der Waals surface area (Å²) < 4.78 is 0. The number of hydrogen-bond donors (Lipinski definition) is 0. The Kier molecular flexibility index (Phi) is 6.14. The van der Waals surface area contributed by atoms with Gasteiger partial charge >= 0.3 is 0 Å². The minimum atomic E-state index is 0.613. The first-order valence-corrected chi connectivity index (χ1v) is 13.2. The largest absolute Gasteiger partial charge is 0.0958 e.